The Bertz CT molecular complexity index is 414. The molecule has 0 amide bonds. The molecule has 1 heterocycles. The Morgan fingerprint density at radius 2 is 2.05 bits per heavy atom. The van der Waals surface area contributed by atoms with Crippen molar-refractivity contribution in [3.05, 3.63) is 29.3 Å². The van der Waals surface area contributed by atoms with E-state index in [-0.39, 0.29) is 0 Å². The second kappa shape index (κ2) is 6.42. The first-order valence-corrected chi connectivity index (χ1v) is 7.76. The molecular formula is C17H28N2. The maximum absolute atomic E-state index is 3.40. The Kier molecular flexibility index (Phi) is 4.87. The standard InChI is InChI=1S/C17H28N2/c1-5-16-9-7-14(4)19(16)17-10-8-15(11-13(17)3)12-18-6-2/h8,10-11,14,16,18H,5-7,9,12H2,1-4H3. The van der Waals surface area contributed by atoms with Crippen molar-refractivity contribution in [2.45, 2.75) is 65.6 Å². The quantitative estimate of drug-likeness (QED) is 0.864. The minimum atomic E-state index is 0.684. The lowest BCUT2D eigenvalue weighted by Crippen LogP contribution is -2.34. The van der Waals surface area contributed by atoms with E-state index in [4.69, 9.17) is 0 Å². The summed E-state index contributed by atoms with van der Waals surface area (Å²) in [6.07, 6.45) is 3.93. The smallest absolute Gasteiger partial charge is 0.0401 e. The van der Waals surface area contributed by atoms with Crippen LogP contribution in [-0.2, 0) is 6.54 Å². The van der Waals surface area contributed by atoms with E-state index in [1.54, 1.807) is 0 Å². The molecular weight excluding hydrogens is 232 g/mol. The molecule has 2 heteroatoms. The summed E-state index contributed by atoms with van der Waals surface area (Å²) in [7, 11) is 0. The molecule has 2 rings (SSSR count). The molecule has 0 bridgehead atoms. The van der Waals surface area contributed by atoms with Gasteiger partial charge in [-0.25, -0.2) is 0 Å². The van der Waals surface area contributed by atoms with E-state index >= 15 is 0 Å². The number of hydrogen-bond donors (Lipinski definition) is 1. The van der Waals surface area contributed by atoms with E-state index in [1.807, 2.05) is 0 Å². The molecule has 1 aliphatic rings. The lowest BCUT2D eigenvalue weighted by atomic mass is 10.1. The molecule has 1 fully saturated rings. The van der Waals surface area contributed by atoms with Crippen LogP contribution in [0.5, 0.6) is 0 Å². The van der Waals surface area contributed by atoms with Crippen LogP contribution in [0.1, 0.15) is 51.2 Å². The first-order valence-electron chi connectivity index (χ1n) is 7.76. The van der Waals surface area contributed by atoms with Crippen LogP contribution in [-0.4, -0.2) is 18.6 Å². The fourth-order valence-electron chi connectivity index (χ4n) is 3.29. The summed E-state index contributed by atoms with van der Waals surface area (Å²) in [5.41, 5.74) is 4.25. The fourth-order valence-corrected chi connectivity index (χ4v) is 3.29. The second-order valence-corrected chi connectivity index (χ2v) is 5.80. The van der Waals surface area contributed by atoms with Crippen LogP contribution >= 0.6 is 0 Å². The molecule has 1 aromatic rings. The van der Waals surface area contributed by atoms with E-state index in [9.17, 15) is 0 Å². The van der Waals surface area contributed by atoms with E-state index in [0.29, 0.717) is 6.04 Å². The molecule has 106 valence electrons. The average Bonchev–Trinajstić information content (AvgIpc) is 2.78. The van der Waals surface area contributed by atoms with Crippen molar-refractivity contribution in [2.75, 3.05) is 11.4 Å². The summed E-state index contributed by atoms with van der Waals surface area (Å²) in [4.78, 5) is 2.65. The predicted octanol–water partition coefficient (Wildman–Crippen LogP) is 3.87. The summed E-state index contributed by atoms with van der Waals surface area (Å²) in [5.74, 6) is 0. The van der Waals surface area contributed by atoms with Crippen LogP contribution in [0.15, 0.2) is 18.2 Å². The van der Waals surface area contributed by atoms with Gasteiger partial charge in [-0.2, -0.15) is 0 Å². The zero-order valence-electron chi connectivity index (χ0n) is 12.9. The molecule has 1 N–H and O–H groups in total. The Labute approximate surface area is 118 Å². The molecule has 0 saturated carbocycles. The highest BCUT2D eigenvalue weighted by Gasteiger charge is 2.30. The molecule has 0 aliphatic carbocycles. The van der Waals surface area contributed by atoms with Gasteiger partial charge in [-0.1, -0.05) is 26.0 Å². The van der Waals surface area contributed by atoms with Crippen molar-refractivity contribution in [1.29, 1.82) is 0 Å². The molecule has 0 radical (unpaired) electrons. The Hall–Kier alpha value is -1.02. The van der Waals surface area contributed by atoms with Gasteiger partial charge in [0.05, 0.1) is 0 Å². The van der Waals surface area contributed by atoms with Gasteiger partial charge < -0.3 is 10.2 Å². The zero-order chi connectivity index (χ0) is 13.8. The summed E-state index contributed by atoms with van der Waals surface area (Å²) < 4.78 is 0. The van der Waals surface area contributed by atoms with Gasteiger partial charge in [-0.3, -0.25) is 0 Å². The van der Waals surface area contributed by atoms with E-state index in [0.717, 1.165) is 19.1 Å². The van der Waals surface area contributed by atoms with Crippen LogP contribution in [0.3, 0.4) is 0 Å². The average molecular weight is 260 g/mol. The van der Waals surface area contributed by atoms with Gasteiger partial charge in [0.1, 0.15) is 0 Å². The molecule has 2 atom stereocenters. The number of benzene rings is 1. The number of hydrogen-bond acceptors (Lipinski definition) is 2. The fraction of sp³-hybridized carbons (Fsp3) is 0.647. The monoisotopic (exact) mass is 260 g/mol. The number of rotatable bonds is 5. The molecule has 1 aliphatic heterocycles. The Morgan fingerprint density at radius 3 is 2.68 bits per heavy atom. The van der Waals surface area contributed by atoms with Gasteiger partial charge >= 0.3 is 0 Å². The molecule has 2 unspecified atom stereocenters. The van der Waals surface area contributed by atoms with Gasteiger partial charge in [0.2, 0.25) is 0 Å². The topological polar surface area (TPSA) is 15.3 Å². The summed E-state index contributed by atoms with van der Waals surface area (Å²) in [5, 5.41) is 3.40. The predicted molar refractivity (Wildman–Crippen MR) is 83.8 cm³/mol. The molecule has 0 aromatic heterocycles. The van der Waals surface area contributed by atoms with Crippen molar-refractivity contribution in [3.8, 4) is 0 Å². The van der Waals surface area contributed by atoms with Crippen molar-refractivity contribution in [1.82, 2.24) is 5.32 Å². The maximum atomic E-state index is 3.40. The Balaban J connectivity index is 2.20. The molecule has 19 heavy (non-hydrogen) atoms. The van der Waals surface area contributed by atoms with Crippen LogP contribution in [0.4, 0.5) is 5.69 Å². The third-order valence-electron chi connectivity index (χ3n) is 4.38. The minimum absolute atomic E-state index is 0.684. The van der Waals surface area contributed by atoms with E-state index in [1.165, 1.54) is 36.1 Å². The van der Waals surface area contributed by atoms with Crippen molar-refractivity contribution in [2.24, 2.45) is 0 Å². The Morgan fingerprint density at radius 1 is 1.26 bits per heavy atom. The number of aryl methyl sites for hydroxylation is 1. The zero-order valence-corrected chi connectivity index (χ0v) is 12.9. The first kappa shape index (κ1) is 14.4. The van der Waals surface area contributed by atoms with Crippen LogP contribution in [0, 0.1) is 6.92 Å². The highest BCUT2D eigenvalue weighted by atomic mass is 15.2. The number of nitrogens with zero attached hydrogens (tertiary/aromatic N) is 1. The normalized spacial score (nSPS) is 23.1. The van der Waals surface area contributed by atoms with Crippen molar-refractivity contribution in [3.63, 3.8) is 0 Å². The third kappa shape index (κ3) is 3.11. The van der Waals surface area contributed by atoms with Crippen LogP contribution in [0.25, 0.3) is 0 Å². The van der Waals surface area contributed by atoms with Gasteiger partial charge in [-0.05, 0) is 56.8 Å². The molecule has 1 saturated heterocycles. The van der Waals surface area contributed by atoms with Crippen molar-refractivity contribution >= 4 is 5.69 Å². The van der Waals surface area contributed by atoms with Gasteiger partial charge in [-0.15, -0.1) is 0 Å². The van der Waals surface area contributed by atoms with Crippen molar-refractivity contribution < 1.29 is 0 Å². The van der Waals surface area contributed by atoms with Gasteiger partial charge in [0.25, 0.3) is 0 Å². The first-order chi connectivity index (χ1) is 9.17. The highest BCUT2D eigenvalue weighted by molar-refractivity contribution is 5.56. The van der Waals surface area contributed by atoms with Crippen LogP contribution < -0.4 is 10.2 Å². The second-order valence-electron chi connectivity index (χ2n) is 5.80. The highest BCUT2D eigenvalue weighted by Crippen LogP contribution is 2.34. The molecule has 1 aromatic carbocycles. The van der Waals surface area contributed by atoms with Gasteiger partial charge in [0, 0.05) is 24.3 Å². The largest absolute Gasteiger partial charge is 0.366 e. The summed E-state index contributed by atoms with van der Waals surface area (Å²) in [6.45, 7) is 11.1. The van der Waals surface area contributed by atoms with Gasteiger partial charge in [0.15, 0.2) is 0 Å². The maximum Gasteiger partial charge on any atom is 0.0401 e. The van der Waals surface area contributed by atoms with E-state index < -0.39 is 0 Å². The van der Waals surface area contributed by atoms with Crippen LogP contribution in [0.2, 0.25) is 0 Å². The lowest BCUT2D eigenvalue weighted by molar-refractivity contribution is 0.626. The minimum Gasteiger partial charge on any atom is -0.366 e. The summed E-state index contributed by atoms with van der Waals surface area (Å²) in [6, 6.07) is 8.36. The lowest BCUT2D eigenvalue weighted by Gasteiger charge is -2.32. The molecule has 0 spiro atoms. The number of anilines is 1. The SMILES string of the molecule is CCNCc1ccc(N2C(C)CCC2CC)c(C)c1. The summed E-state index contributed by atoms with van der Waals surface area (Å²) >= 11 is 0. The third-order valence-corrected chi connectivity index (χ3v) is 4.38. The number of nitrogens with one attached hydrogen (secondary N) is 1. The molecule has 2 nitrogen and oxygen atoms in total. The van der Waals surface area contributed by atoms with E-state index in [2.05, 4.69) is 56.1 Å².